The van der Waals surface area contributed by atoms with E-state index in [0.717, 1.165) is 17.7 Å². The summed E-state index contributed by atoms with van der Waals surface area (Å²) in [4.78, 5) is 15.7. The summed E-state index contributed by atoms with van der Waals surface area (Å²) < 4.78 is 18.4. The second-order valence-corrected chi connectivity index (χ2v) is 6.56. The second-order valence-electron chi connectivity index (χ2n) is 5.53. The summed E-state index contributed by atoms with van der Waals surface area (Å²) in [6.07, 6.45) is 2.68. The predicted octanol–water partition coefficient (Wildman–Crippen LogP) is 4.29. The molecule has 0 saturated heterocycles. The van der Waals surface area contributed by atoms with Crippen molar-refractivity contribution in [2.75, 3.05) is 6.54 Å². The normalized spacial score (nSPS) is 10.7. The van der Waals surface area contributed by atoms with E-state index in [1.165, 1.54) is 17.0 Å². The first kappa shape index (κ1) is 16.5. The molecule has 24 heavy (non-hydrogen) atoms. The summed E-state index contributed by atoms with van der Waals surface area (Å²) in [6.45, 7) is 1.07. The Morgan fingerprint density at radius 3 is 2.62 bits per heavy atom. The summed E-state index contributed by atoms with van der Waals surface area (Å²) in [5.74, 6) is 0.472. The highest BCUT2D eigenvalue weighted by molar-refractivity contribution is 7.09. The van der Waals surface area contributed by atoms with Crippen molar-refractivity contribution < 1.29 is 13.6 Å². The molecule has 0 aliphatic heterocycles. The molecular formula is C19H18FNO2S. The molecule has 0 aliphatic carbocycles. The van der Waals surface area contributed by atoms with Crippen LogP contribution in [-0.2, 0) is 24.2 Å². The highest BCUT2D eigenvalue weighted by Gasteiger charge is 2.16. The molecule has 0 radical (unpaired) electrons. The lowest BCUT2D eigenvalue weighted by molar-refractivity contribution is -0.131. The van der Waals surface area contributed by atoms with Gasteiger partial charge in [0.25, 0.3) is 0 Å². The van der Waals surface area contributed by atoms with Crippen LogP contribution in [-0.4, -0.2) is 17.4 Å². The highest BCUT2D eigenvalue weighted by Crippen LogP contribution is 2.14. The predicted molar refractivity (Wildman–Crippen MR) is 92.3 cm³/mol. The standard InChI is InChI=1S/C19H18FNO2S/c20-16-7-5-15(6-8-16)13-19(22)21(14-17-3-1-11-23-17)10-9-18-4-2-12-24-18/h1-8,11-12H,9-10,13-14H2. The molecule has 0 fully saturated rings. The van der Waals surface area contributed by atoms with E-state index in [-0.39, 0.29) is 18.1 Å². The number of furan rings is 1. The lowest BCUT2D eigenvalue weighted by Crippen LogP contribution is -2.33. The first-order chi connectivity index (χ1) is 11.7. The monoisotopic (exact) mass is 343 g/mol. The van der Waals surface area contributed by atoms with Gasteiger partial charge < -0.3 is 9.32 Å². The van der Waals surface area contributed by atoms with Crippen molar-refractivity contribution in [1.82, 2.24) is 4.90 Å². The molecule has 0 saturated carbocycles. The molecule has 0 aliphatic rings. The number of rotatable bonds is 7. The second kappa shape index (κ2) is 7.93. The quantitative estimate of drug-likeness (QED) is 0.641. The molecule has 5 heteroatoms. The number of hydrogen-bond acceptors (Lipinski definition) is 3. The molecule has 3 rings (SSSR count). The lowest BCUT2D eigenvalue weighted by atomic mass is 10.1. The number of nitrogens with zero attached hydrogens (tertiary/aromatic N) is 1. The number of carbonyl (C=O) groups excluding carboxylic acids is 1. The van der Waals surface area contributed by atoms with Gasteiger partial charge >= 0.3 is 0 Å². The summed E-state index contributed by atoms with van der Waals surface area (Å²) in [5.41, 5.74) is 0.807. The van der Waals surface area contributed by atoms with Crippen LogP contribution in [0.1, 0.15) is 16.2 Å². The maximum Gasteiger partial charge on any atom is 0.227 e. The minimum Gasteiger partial charge on any atom is -0.467 e. The van der Waals surface area contributed by atoms with Gasteiger partial charge in [0.05, 0.1) is 19.2 Å². The van der Waals surface area contributed by atoms with Gasteiger partial charge in [0.1, 0.15) is 11.6 Å². The van der Waals surface area contributed by atoms with E-state index in [2.05, 4.69) is 6.07 Å². The summed E-state index contributed by atoms with van der Waals surface area (Å²) in [5, 5.41) is 2.03. The molecule has 2 heterocycles. The first-order valence-electron chi connectivity index (χ1n) is 7.78. The van der Waals surface area contributed by atoms with Gasteiger partial charge in [-0.2, -0.15) is 0 Å². The number of hydrogen-bond donors (Lipinski definition) is 0. The SMILES string of the molecule is O=C(Cc1ccc(F)cc1)N(CCc1cccs1)Cc1ccco1. The van der Waals surface area contributed by atoms with Crippen LogP contribution in [0.4, 0.5) is 4.39 Å². The van der Waals surface area contributed by atoms with E-state index in [0.29, 0.717) is 13.1 Å². The Bertz CT molecular complexity index is 751. The van der Waals surface area contributed by atoms with Gasteiger partial charge in [0.2, 0.25) is 5.91 Å². The molecule has 0 atom stereocenters. The third-order valence-corrected chi connectivity index (χ3v) is 4.69. The zero-order valence-electron chi connectivity index (χ0n) is 13.2. The average Bonchev–Trinajstić information content (AvgIpc) is 3.27. The maximum absolute atomic E-state index is 13.0. The molecule has 0 N–H and O–H groups in total. The number of halogens is 1. The number of carbonyl (C=O) groups is 1. The highest BCUT2D eigenvalue weighted by atomic mass is 32.1. The van der Waals surface area contributed by atoms with E-state index < -0.39 is 0 Å². The lowest BCUT2D eigenvalue weighted by Gasteiger charge is -2.21. The number of thiophene rings is 1. The third kappa shape index (κ3) is 4.55. The topological polar surface area (TPSA) is 33.5 Å². The maximum atomic E-state index is 13.0. The van der Waals surface area contributed by atoms with Crippen LogP contribution in [0.5, 0.6) is 0 Å². The molecule has 0 unspecified atom stereocenters. The average molecular weight is 343 g/mol. The molecule has 124 valence electrons. The molecule has 3 nitrogen and oxygen atoms in total. The fourth-order valence-electron chi connectivity index (χ4n) is 2.47. The molecule has 3 aromatic rings. The van der Waals surface area contributed by atoms with E-state index in [9.17, 15) is 9.18 Å². The minimum atomic E-state index is -0.295. The van der Waals surface area contributed by atoms with Crippen LogP contribution in [0.25, 0.3) is 0 Å². The Morgan fingerprint density at radius 1 is 1.12 bits per heavy atom. The summed E-state index contributed by atoms with van der Waals surface area (Å²) >= 11 is 1.69. The van der Waals surface area contributed by atoms with Gasteiger partial charge in [-0.05, 0) is 47.7 Å². The Kier molecular flexibility index (Phi) is 5.43. The Balaban J connectivity index is 1.67. The van der Waals surface area contributed by atoms with E-state index in [1.54, 1.807) is 34.6 Å². The molecular weight excluding hydrogens is 325 g/mol. The minimum absolute atomic E-state index is 0.00886. The molecule has 1 aromatic carbocycles. The zero-order valence-corrected chi connectivity index (χ0v) is 14.0. The Morgan fingerprint density at radius 2 is 1.96 bits per heavy atom. The summed E-state index contributed by atoms with van der Waals surface area (Å²) in [6, 6.07) is 13.8. The molecule has 0 spiro atoms. The van der Waals surface area contributed by atoms with Crippen molar-refractivity contribution in [3.8, 4) is 0 Å². The summed E-state index contributed by atoms with van der Waals surface area (Å²) in [7, 11) is 0. The van der Waals surface area contributed by atoms with Crippen molar-refractivity contribution in [2.24, 2.45) is 0 Å². The van der Waals surface area contributed by atoms with Crippen molar-refractivity contribution in [2.45, 2.75) is 19.4 Å². The van der Waals surface area contributed by atoms with Gasteiger partial charge in [0.15, 0.2) is 0 Å². The van der Waals surface area contributed by atoms with Crippen molar-refractivity contribution in [3.63, 3.8) is 0 Å². The van der Waals surface area contributed by atoms with Crippen molar-refractivity contribution in [3.05, 3.63) is 82.2 Å². The van der Waals surface area contributed by atoms with Crippen molar-refractivity contribution >= 4 is 17.2 Å². The van der Waals surface area contributed by atoms with Crippen LogP contribution in [0.3, 0.4) is 0 Å². The largest absolute Gasteiger partial charge is 0.467 e. The van der Waals surface area contributed by atoms with Crippen LogP contribution >= 0.6 is 11.3 Å². The van der Waals surface area contributed by atoms with E-state index >= 15 is 0 Å². The fraction of sp³-hybridized carbons (Fsp3) is 0.211. The van der Waals surface area contributed by atoms with Crippen molar-refractivity contribution in [1.29, 1.82) is 0 Å². The van der Waals surface area contributed by atoms with Gasteiger partial charge in [-0.15, -0.1) is 11.3 Å². The van der Waals surface area contributed by atoms with Gasteiger partial charge in [-0.3, -0.25) is 4.79 Å². The number of amides is 1. The van der Waals surface area contributed by atoms with Crippen LogP contribution in [0.15, 0.2) is 64.6 Å². The zero-order chi connectivity index (χ0) is 16.8. The first-order valence-corrected chi connectivity index (χ1v) is 8.65. The Hall–Kier alpha value is -2.40. The van der Waals surface area contributed by atoms with Gasteiger partial charge in [0, 0.05) is 11.4 Å². The van der Waals surface area contributed by atoms with Gasteiger partial charge in [-0.1, -0.05) is 18.2 Å². The number of benzene rings is 1. The molecule has 2 aromatic heterocycles. The van der Waals surface area contributed by atoms with Crippen LogP contribution in [0.2, 0.25) is 0 Å². The van der Waals surface area contributed by atoms with E-state index in [4.69, 9.17) is 4.42 Å². The van der Waals surface area contributed by atoms with Gasteiger partial charge in [-0.25, -0.2) is 4.39 Å². The Labute approximate surface area is 144 Å². The fourth-order valence-corrected chi connectivity index (χ4v) is 3.17. The third-order valence-electron chi connectivity index (χ3n) is 3.76. The molecule has 1 amide bonds. The smallest absolute Gasteiger partial charge is 0.227 e. The molecule has 0 bridgehead atoms. The van der Waals surface area contributed by atoms with Crippen LogP contribution in [0, 0.1) is 5.82 Å². The van der Waals surface area contributed by atoms with E-state index in [1.807, 2.05) is 23.6 Å². The van der Waals surface area contributed by atoms with Crippen LogP contribution < -0.4 is 0 Å².